The molecule has 1 aromatic heterocycles. The summed E-state index contributed by atoms with van der Waals surface area (Å²) in [5.74, 6) is -1.13. The molecule has 1 atom stereocenters. The summed E-state index contributed by atoms with van der Waals surface area (Å²) in [6.07, 6.45) is 1.79. The van der Waals surface area contributed by atoms with Crippen molar-refractivity contribution in [3.8, 4) is 0 Å². The first-order chi connectivity index (χ1) is 8.99. The van der Waals surface area contributed by atoms with Crippen LogP contribution in [0.25, 0.3) is 0 Å². The van der Waals surface area contributed by atoms with Crippen molar-refractivity contribution >= 4 is 17.7 Å². The second-order valence-corrected chi connectivity index (χ2v) is 4.30. The molecule has 0 aromatic carbocycles. The highest BCUT2D eigenvalue weighted by atomic mass is 16.2. The topological polar surface area (TPSA) is 99.3 Å². The van der Waals surface area contributed by atoms with Crippen LogP contribution >= 0.6 is 0 Å². The van der Waals surface area contributed by atoms with Crippen molar-refractivity contribution in [3.63, 3.8) is 0 Å². The molecule has 100 valence electrons. The van der Waals surface area contributed by atoms with E-state index >= 15 is 0 Å². The highest BCUT2D eigenvalue weighted by Gasteiger charge is 2.32. The predicted molar refractivity (Wildman–Crippen MR) is 65.3 cm³/mol. The summed E-state index contributed by atoms with van der Waals surface area (Å²) in [4.78, 5) is 49.2. The Kier molecular flexibility index (Phi) is 3.46. The maximum Gasteiger partial charge on any atom is 0.253 e. The zero-order chi connectivity index (χ0) is 14.0. The van der Waals surface area contributed by atoms with Gasteiger partial charge >= 0.3 is 0 Å². The highest BCUT2D eigenvalue weighted by molar-refractivity contribution is 6.03. The van der Waals surface area contributed by atoms with E-state index in [2.05, 4.69) is 10.3 Å². The number of piperidine rings is 1. The molecule has 0 spiro atoms. The lowest BCUT2D eigenvalue weighted by atomic mass is 10.0. The number of nitrogens with one attached hydrogen (secondary N) is 2. The van der Waals surface area contributed by atoms with Gasteiger partial charge in [0.1, 0.15) is 6.04 Å². The third-order valence-corrected chi connectivity index (χ3v) is 3.00. The fourth-order valence-corrected chi connectivity index (χ4v) is 1.84. The Morgan fingerprint density at radius 1 is 1.37 bits per heavy atom. The third kappa shape index (κ3) is 2.70. The zero-order valence-corrected chi connectivity index (χ0v) is 10.3. The Morgan fingerprint density at radius 3 is 2.74 bits per heavy atom. The lowest BCUT2D eigenvalue weighted by Gasteiger charge is -2.28. The minimum atomic E-state index is -0.706. The van der Waals surface area contributed by atoms with Crippen LogP contribution in [-0.4, -0.2) is 40.7 Å². The molecular weight excluding hydrogens is 250 g/mol. The average molecular weight is 263 g/mol. The highest BCUT2D eigenvalue weighted by Crippen LogP contribution is 2.11. The van der Waals surface area contributed by atoms with Crippen LogP contribution in [-0.2, 0) is 9.59 Å². The predicted octanol–water partition coefficient (Wildman–Crippen LogP) is -0.748. The number of amides is 3. The Bertz CT molecular complexity index is 572. The second kappa shape index (κ2) is 5.05. The summed E-state index contributed by atoms with van der Waals surface area (Å²) >= 11 is 0. The van der Waals surface area contributed by atoms with E-state index < -0.39 is 17.9 Å². The van der Waals surface area contributed by atoms with Crippen LogP contribution in [0, 0.1) is 0 Å². The SMILES string of the molecule is CN1C(=O)CCC(NC(=O)c2ccc(=O)[nH]c2)C1=O. The van der Waals surface area contributed by atoms with Crippen LogP contribution in [0.5, 0.6) is 0 Å². The molecule has 0 radical (unpaired) electrons. The van der Waals surface area contributed by atoms with E-state index in [-0.39, 0.29) is 29.9 Å². The normalized spacial score (nSPS) is 19.4. The number of hydrogen-bond donors (Lipinski definition) is 2. The van der Waals surface area contributed by atoms with Gasteiger partial charge in [-0.3, -0.25) is 24.1 Å². The first-order valence-electron chi connectivity index (χ1n) is 5.79. The lowest BCUT2D eigenvalue weighted by molar-refractivity contribution is -0.147. The van der Waals surface area contributed by atoms with Crippen LogP contribution in [0.4, 0.5) is 0 Å². The van der Waals surface area contributed by atoms with Crippen molar-refractivity contribution in [2.24, 2.45) is 0 Å². The number of likely N-dealkylation sites (tertiary alicyclic amines) is 1. The summed E-state index contributed by atoms with van der Waals surface area (Å²) in [5, 5.41) is 2.55. The quantitative estimate of drug-likeness (QED) is 0.686. The summed E-state index contributed by atoms with van der Waals surface area (Å²) in [5.41, 5.74) is -0.0532. The molecule has 0 saturated carbocycles. The number of imide groups is 1. The molecule has 19 heavy (non-hydrogen) atoms. The van der Waals surface area contributed by atoms with Crippen molar-refractivity contribution in [1.82, 2.24) is 15.2 Å². The molecule has 1 unspecified atom stereocenters. The molecule has 7 nitrogen and oxygen atoms in total. The second-order valence-electron chi connectivity index (χ2n) is 4.30. The molecule has 1 fully saturated rings. The van der Waals surface area contributed by atoms with Crippen molar-refractivity contribution in [1.29, 1.82) is 0 Å². The number of aromatic nitrogens is 1. The molecule has 3 amide bonds. The van der Waals surface area contributed by atoms with Gasteiger partial charge in [-0.25, -0.2) is 0 Å². The largest absolute Gasteiger partial charge is 0.340 e. The number of H-pyrrole nitrogens is 1. The lowest BCUT2D eigenvalue weighted by Crippen LogP contribution is -2.52. The first-order valence-corrected chi connectivity index (χ1v) is 5.79. The van der Waals surface area contributed by atoms with Gasteiger partial charge in [-0.2, -0.15) is 0 Å². The molecule has 1 aliphatic rings. The summed E-state index contributed by atoms with van der Waals surface area (Å²) < 4.78 is 0. The number of carbonyl (C=O) groups excluding carboxylic acids is 3. The van der Waals surface area contributed by atoms with Gasteiger partial charge in [0.05, 0.1) is 5.56 Å². The number of nitrogens with zero attached hydrogens (tertiary/aromatic N) is 1. The Labute approximate surface area is 108 Å². The molecule has 0 bridgehead atoms. The van der Waals surface area contributed by atoms with Crippen molar-refractivity contribution in [2.75, 3.05) is 7.05 Å². The Balaban J connectivity index is 2.07. The van der Waals surface area contributed by atoms with E-state index in [0.717, 1.165) is 4.90 Å². The van der Waals surface area contributed by atoms with E-state index in [1.807, 2.05) is 0 Å². The molecule has 2 rings (SSSR count). The number of hydrogen-bond acceptors (Lipinski definition) is 4. The maximum absolute atomic E-state index is 11.9. The number of rotatable bonds is 2. The minimum Gasteiger partial charge on any atom is -0.340 e. The Hall–Kier alpha value is -2.44. The van der Waals surface area contributed by atoms with Crippen LogP contribution < -0.4 is 10.9 Å². The van der Waals surface area contributed by atoms with Gasteiger partial charge in [-0.05, 0) is 12.5 Å². The van der Waals surface area contributed by atoms with Crippen molar-refractivity contribution in [3.05, 3.63) is 34.2 Å². The van der Waals surface area contributed by atoms with E-state index in [9.17, 15) is 19.2 Å². The van der Waals surface area contributed by atoms with E-state index in [1.54, 1.807) is 0 Å². The Morgan fingerprint density at radius 2 is 2.11 bits per heavy atom. The number of pyridine rings is 1. The molecule has 1 aliphatic heterocycles. The fourth-order valence-electron chi connectivity index (χ4n) is 1.84. The van der Waals surface area contributed by atoms with Gasteiger partial charge in [-0.15, -0.1) is 0 Å². The molecule has 1 saturated heterocycles. The van der Waals surface area contributed by atoms with Crippen LogP contribution in [0.1, 0.15) is 23.2 Å². The molecule has 7 heteroatoms. The molecule has 2 N–H and O–H groups in total. The van der Waals surface area contributed by atoms with Crippen LogP contribution in [0.15, 0.2) is 23.1 Å². The fraction of sp³-hybridized carbons (Fsp3) is 0.333. The van der Waals surface area contributed by atoms with E-state index in [0.29, 0.717) is 0 Å². The molecule has 2 heterocycles. The van der Waals surface area contributed by atoms with Gasteiger partial charge in [0.15, 0.2) is 0 Å². The van der Waals surface area contributed by atoms with Gasteiger partial charge in [0.2, 0.25) is 11.5 Å². The summed E-state index contributed by atoms with van der Waals surface area (Å²) in [6, 6.07) is 1.89. The van der Waals surface area contributed by atoms with Gasteiger partial charge in [-0.1, -0.05) is 0 Å². The molecular formula is C12H13N3O4. The van der Waals surface area contributed by atoms with E-state index in [1.165, 1.54) is 25.4 Å². The van der Waals surface area contributed by atoms with Crippen molar-refractivity contribution < 1.29 is 14.4 Å². The summed E-state index contributed by atoms with van der Waals surface area (Å²) in [6.45, 7) is 0. The van der Waals surface area contributed by atoms with E-state index in [4.69, 9.17) is 0 Å². The molecule has 1 aromatic rings. The van der Waals surface area contributed by atoms with Crippen molar-refractivity contribution in [2.45, 2.75) is 18.9 Å². The first kappa shape index (κ1) is 13.0. The monoisotopic (exact) mass is 263 g/mol. The van der Waals surface area contributed by atoms with Gasteiger partial charge in [0.25, 0.3) is 11.8 Å². The summed E-state index contributed by atoms with van der Waals surface area (Å²) in [7, 11) is 1.39. The van der Waals surface area contributed by atoms with Crippen LogP contribution in [0.3, 0.4) is 0 Å². The van der Waals surface area contributed by atoms with Gasteiger partial charge in [0, 0.05) is 25.7 Å². The smallest absolute Gasteiger partial charge is 0.253 e. The number of carbonyl (C=O) groups is 3. The minimum absolute atomic E-state index is 0.221. The standard InChI is InChI=1S/C12H13N3O4/c1-15-10(17)5-3-8(12(15)19)14-11(18)7-2-4-9(16)13-6-7/h2,4,6,8H,3,5H2,1H3,(H,13,16)(H,14,18). The third-order valence-electron chi connectivity index (χ3n) is 3.00. The number of likely N-dealkylation sites (N-methyl/N-ethyl adjacent to an activating group) is 1. The average Bonchev–Trinajstić information content (AvgIpc) is 2.40. The maximum atomic E-state index is 11.9. The molecule has 0 aliphatic carbocycles. The zero-order valence-electron chi connectivity index (χ0n) is 10.3. The van der Waals surface area contributed by atoms with Gasteiger partial charge < -0.3 is 10.3 Å². The van der Waals surface area contributed by atoms with Crippen LogP contribution in [0.2, 0.25) is 0 Å². The number of aromatic amines is 1.